The van der Waals surface area contributed by atoms with Gasteiger partial charge in [0.1, 0.15) is 0 Å². The maximum atomic E-state index is 5.33. The van der Waals surface area contributed by atoms with E-state index in [1.54, 1.807) is 0 Å². The Morgan fingerprint density at radius 2 is 2.00 bits per heavy atom. The van der Waals surface area contributed by atoms with E-state index in [1.165, 1.54) is 5.56 Å². The fraction of sp³-hybridized carbons (Fsp3) is 0.385. The molecule has 1 aromatic heterocycles. The Kier molecular flexibility index (Phi) is 3.47. The molecule has 18 heavy (non-hydrogen) atoms. The predicted molar refractivity (Wildman–Crippen MR) is 80.3 cm³/mol. The second-order valence-corrected chi connectivity index (χ2v) is 6.58. The fourth-order valence-electron chi connectivity index (χ4n) is 1.91. The summed E-state index contributed by atoms with van der Waals surface area (Å²) in [5.74, 6) is 0.864. The maximum absolute atomic E-state index is 5.33. The van der Waals surface area contributed by atoms with Crippen LogP contribution < -0.4 is 0 Å². The van der Waals surface area contributed by atoms with Crippen molar-refractivity contribution in [3.63, 3.8) is 0 Å². The summed E-state index contributed by atoms with van der Waals surface area (Å²) < 4.78 is 3.71. The Hall–Kier alpha value is -0.940. The number of benzene rings is 1. The lowest BCUT2D eigenvalue weighted by molar-refractivity contribution is 0.395. The molecule has 0 spiro atoms. The number of nitrogens with zero attached hydrogens (tertiary/aromatic N) is 2. The molecule has 0 atom stereocenters. The Bertz CT molecular complexity index is 634. The minimum atomic E-state index is -0.109. The highest BCUT2D eigenvalue weighted by Gasteiger charge is 2.21. The SMILES string of the molecule is Cc1ccc(Br)c(-c2n[nH]c(=S)n2C(C)(C)C)c1. The van der Waals surface area contributed by atoms with E-state index in [9.17, 15) is 0 Å². The molecular weight excluding hydrogens is 310 g/mol. The van der Waals surface area contributed by atoms with Crippen molar-refractivity contribution >= 4 is 28.1 Å². The molecule has 3 nitrogen and oxygen atoms in total. The molecule has 1 N–H and O–H groups in total. The molecule has 0 amide bonds. The number of H-pyrrole nitrogens is 1. The van der Waals surface area contributed by atoms with Crippen molar-refractivity contribution in [1.82, 2.24) is 14.8 Å². The molecule has 2 aromatic rings. The first kappa shape index (κ1) is 13.5. The predicted octanol–water partition coefficient (Wildman–Crippen LogP) is 4.43. The van der Waals surface area contributed by atoms with Gasteiger partial charge in [-0.3, -0.25) is 9.67 Å². The number of hydrogen-bond acceptors (Lipinski definition) is 2. The van der Waals surface area contributed by atoms with Crippen molar-refractivity contribution in [2.75, 3.05) is 0 Å². The third kappa shape index (κ3) is 2.42. The van der Waals surface area contributed by atoms with Crippen LogP contribution in [0.25, 0.3) is 11.4 Å². The second kappa shape index (κ2) is 4.63. The lowest BCUT2D eigenvalue weighted by atomic mass is 10.1. The first-order chi connectivity index (χ1) is 8.30. The van der Waals surface area contributed by atoms with Gasteiger partial charge in [0.25, 0.3) is 0 Å². The second-order valence-electron chi connectivity index (χ2n) is 5.34. The van der Waals surface area contributed by atoms with Crippen LogP contribution in [0.1, 0.15) is 26.3 Å². The third-order valence-corrected chi connectivity index (χ3v) is 3.67. The van der Waals surface area contributed by atoms with Gasteiger partial charge in [0, 0.05) is 15.6 Å². The highest BCUT2D eigenvalue weighted by atomic mass is 79.9. The molecule has 0 aliphatic carbocycles. The molecule has 5 heteroatoms. The van der Waals surface area contributed by atoms with E-state index in [2.05, 4.69) is 66.0 Å². The van der Waals surface area contributed by atoms with E-state index in [1.807, 2.05) is 10.6 Å². The molecule has 1 aromatic carbocycles. The fourth-order valence-corrected chi connectivity index (χ4v) is 2.74. The summed E-state index contributed by atoms with van der Waals surface area (Å²) in [6, 6.07) is 6.21. The molecule has 0 saturated carbocycles. The van der Waals surface area contributed by atoms with Crippen molar-refractivity contribution < 1.29 is 0 Å². The minimum absolute atomic E-state index is 0.109. The molecule has 0 aliphatic heterocycles. The number of hydrogen-bond donors (Lipinski definition) is 1. The van der Waals surface area contributed by atoms with Gasteiger partial charge in [-0.05, 0) is 52.0 Å². The van der Waals surface area contributed by atoms with Crippen LogP contribution in [0.15, 0.2) is 22.7 Å². The monoisotopic (exact) mass is 325 g/mol. The number of aryl methyl sites for hydroxylation is 1. The molecule has 0 aliphatic rings. The Morgan fingerprint density at radius 1 is 1.33 bits per heavy atom. The molecule has 0 unspecified atom stereocenters. The average molecular weight is 326 g/mol. The zero-order chi connectivity index (χ0) is 13.5. The standard InChI is InChI=1S/C13H16BrN3S/c1-8-5-6-10(14)9(7-8)11-15-16-12(18)17(11)13(2,3)4/h5-7H,1-4H3,(H,16,18). The summed E-state index contributed by atoms with van der Waals surface area (Å²) in [4.78, 5) is 0. The Balaban J connectivity index is 2.73. The smallest absolute Gasteiger partial charge is 0.195 e. The molecule has 0 fully saturated rings. The van der Waals surface area contributed by atoms with Crippen LogP contribution >= 0.6 is 28.1 Å². The van der Waals surface area contributed by atoms with Gasteiger partial charge in [0.15, 0.2) is 10.6 Å². The first-order valence-electron chi connectivity index (χ1n) is 5.75. The summed E-state index contributed by atoms with van der Waals surface area (Å²) in [5.41, 5.74) is 2.14. The molecule has 0 saturated heterocycles. The number of rotatable bonds is 1. The van der Waals surface area contributed by atoms with Crippen LogP contribution in [0.4, 0.5) is 0 Å². The summed E-state index contributed by atoms with van der Waals surface area (Å²) in [5, 5.41) is 7.25. The van der Waals surface area contributed by atoms with E-state index >= 15 is 0 Å². The lowest BCUT2D eigenvalue weighted by Gasteiger charge is -2.23. The molecule has 0 radical (unpaired) electrons. The molecular formula is C13H16BrN3S. The van der Waals surface area contributed by atoms with Gasteiger partial charge in [-0.1, -0.05) is 27.6 Å². The van der Waals surface area contributed by atoms with Gasteiger partial charge >= 0.3 is 0 Å². The quantitative estimate of drug-likeness (QED) is 0.786. The van der Waals surface area contributed by atoms with E-state index in [-0.39, 0.29) is 5.54 Å². The average Bonchev–Trinajstić information content (AvgIpc) is 2.63. The van der Waals surface area contributed by atoms with Crippen LogP contribution in [0.3, 0.4) is 0 Å². The van der Waals surface area contributed by atoms with Crippen LogP contribution in [0.2, 0.25) is 0 Å². The third-order valence-electron chi connectivity index (χ3n) is 2.71. The maximum Gasteiger partial charge on any atom is 0.195 e. The van der Waals surface area contributed by atoms with E-state index in [0.717, 1.165) is 15.9 Å². The highest BCUT2D eigenvalue weighted by molar-refractivity contribution is 9.10. The number of nitrogens with one attached hydrogen (secondary N) is 1. The normalized spacial score (nSPS) is 11.8. The van der Waals surface area contributed by atoms with Crippen LogP contribution in [-0.4, -0.2) is 14.8 Å². The van der Waals surface area contributed by atoms with Gasteiger partial charge in [-0.2, -0.15) is 5.10 Å². The van der Waals surface area contributed by atoms with Gasteiger partial charge in [0.2, 0.25) is 0 Å². The lowest BCUT2D eigenvalue weighted by Crippen LogP contribution is -2.23. The zero-order valence-corrected chi connectivity index (χ0v) is 13.3. The van der Waals surface area contributed by atoms with Crippen molar-refractivity contribution in [1.29, 1.82) is 0 Å². The van der Waals surface area contributed by atoms with Gasteiger partial charge in [0.05, 0.1) is 0 Å². The molecule has 96 valence electrons. The Labute approximate surface area is 120 Å². The molecule has 0 bridgehead atoms. The van der Waals surface area contributed by atoms with Crippen LogP contribution in [0.5, 0.6) is 0 Å². The van der Waals surface area contributed by atoms with Gasteiger partial charge < -0.3 is 0 Å². The van der Waals surface area contributed by atoms with Crippen molar-refractivity contribution in [2.45, 2.75) is 33.2 Å². The highest BCUT2D eigenvalue weighted by Crippen LogP contribution is 2.30. The van der Waals surface area contributed by atoms with Crippen molar-refractivity contribution in [3.05, 3.63) is 33.0 Å². The van der Waals surface area contributed by atoms with Crippen molar-refractivity contribution in [3.8, 4) is 11.4 Å². The molecule has 2 rings (SSSR count). The van der Waals surface area contributed by atoms with E-state index in [0.29, 0.717) is 4.77 Å². The summed E-state index contributed by atoms with van der Waals surface area (Å²) in [6.07, 6.45) is 0. The van der Waals surface area contributed by atoms with Gasteiger partial charge in [-0.15, -0.1) is 0 Å². The topological polar surface area (TPSA) is 33.6 Å². The largest absolute Gasteiger partial charge is 0.295 e. The van der Waals surface area contributed by atoms with Gasteiger partial charge in [-0.25, -0.2) is 0 Å². The summed E-state index contributed by atoms with van der Waals surface area (Å²) in [6.45, 7) is 8.42. The zero-order valence-electron chi connectivity index (χ0n) is 10.9. The first-order valence-corrected chi connectivity index (χ1v) is 6.95. The number of aromatic nitrogens is 3. The van der Waals surface area contributed by atoms with Crippen LogP contribution in [0, 0.1) is 11.7 Å². The summed E-state index contributed by atoms with van der Waals surface area (Å²) >= 11 is 8.90. The Morgan fingerprint density at radius 3 is 2.61 bits per heavy atom. The molecule has 1 heterocycles. The van der Waals surface area contributed by atoms with Crippen molar-refractivity contribution in [2.24, 2.45) is 0 Å². The summed E-state index contributed by atoms with van der Waals surface area (Å²) in [7, 11) is 0. The van der Waals surface area contributed by atoms with E-state index < -0.39 is 0 Å². The minimum Gasteiger partial charge on any atom is -0.295 e. The number of aromatic amines is 1. The number of halogens is 1. The van der Waals surface area contributed by atoms with Crippen LogP contribution in [-0.2, 0) is 5.54 Å². The van der Waals surface area contributed by atoms with E-state index in [4.69, 9.17) is 12.2 Å².